The Bertz CT molecular complexity index is 421. The Balaban J connectivity index is 1.85. The highest BCUT2D eigenvalue weighted by Crippen LogP contribution is 2.37. The van der Waals surface area contributed by atoms with Crippen LogP contribution < -0.4 is 5.32 Å². The first-order chi connectivity index (χ1) is 10.0. The highest BCUT2D eigenvalue weighted by atomic mass is 16.2. The van der Waals surface area contributed by atoms with E-state index >= 15 is 0 Å². The van der Waals surface area contributed by atoms with Gasteiger partial charge in [-0.25, -0.2) is 0 Å². The summed E-state index contributed by atoms with van der Waals surface area (Å²) in [5.41, 5.74) is -0.568. The van der Waals surface area contributed by atoms with Gasteiger partial charge in [-0.2, -0.15) is 0 Å². The Kier molecular flexibility index (Phi) is 3.98. The second-order valence-electron chi connectivity index (χ2n) is 7.58. The molecule has 118 valence electrons. The fourth-order valence-electron chi connectivity index (χ4n) is 4.55. The zero-order valence-corrected chi connectivity index (χ0v) is 13.4. The fraction of sp³-hybridized carbons (Fsp3) is 0.882. The van der Waals surface area contributed by atoms with E-state index in [9.17, 15) is 9.59 Å². The largest absolute Gasteiger partial charge is 0.340 e. The van der Waals surface area contributed by atoms with Crippen LogP contribution in [0.1, 0.15) is 65.2 Å². The summed E-state index contributed by atoms with van der Waals surface area (Å²) >= 11 is 0. The quantitative estimate of drug-likeness (QED) is 0.868. The molecule has 0 radical (unpaired) electrons. The maximum absolute atomic E-state index is 13.1. The zero-order chi connectivity index (χ0) is 15.0. The summed E-state index contributed by atoms with van der Waals surface area (Å²) in [7, 11) is 0. The lowest BCUT2D eigenvalue weighted by atomic mass is 9.86. The van der Waals surface area contributed by atoms with E-state index < -0.39 is 5.54 Å². The topological polar surface area (TPSA) is 49.4 Å². The van der Waals surface area contributed by atoms with Crippen LogP contribution >= 0.6 is 0 Å². The number of carbonyl (C=O) groups excluding carboxylic acids is 2. The highest BCUT2D eigenvalue weighted by Gasteiger charge is 2.52. The van der Waals surface area contributed by atoms with Crippen LogP contribution in [0.3, 0.4) is 0 Å². The van der Waals surface area contributed by atoms with Crippen molar-refractivity contribution >= 4 is 11.8 Å². The molecule has 0 aromatic rings. The van der Waals surface area contributed by atoms with Crippen molar-refractivity contribution in [2.24, 2.45) is 11.8 Å². The number of nitrogens with one attached hydrogen (secondary N) is 1. The molecule has 0 aromatic carbocycles. The molecule has 1 heterocycles. The van der Waals surface area contributed by atoms with Gasteiger partial charge in [0, 0.05) is 6.54 Å². The average Bonchev–Trinajstić information content (AvgIpc) is 3.07. The van der Waals surface area contributed by atoms with E-state index in [0.717, 1.165) is 32.2 Å². The Morgan fingerprint density at radius 2 is 1.76 bits per heavy atom. The Labute approximate surface area is 127 Å². The maximum atomic E-state index is 13.1. The predicted molar refractivity (Wildman–Crippen MR) is 81.6 cm³/mol. The number of amides is 2. The van der Waals surface area contributed by atoms with Crippen molar-refractivity contribution in [1.29, 1.82) is 0 Å². The van der Waals surface area contributed by atoms with Crippen LogP contribution in [0.2, 0.25) is 0 Å². The number of hydrogen-bond acceptors (Lipinski definition) is 2. The van der Waals surface area contributed by atoms with Crippen LogP contribution in [0, 0.1) is 11.8 Å². The molecule has 1 spiro atoms. The van der Waals surface area contributed by atoms with E-state index in [4.69, 9.17) is 0 Å². The van der Waals surface area contributed by atoms with Gasteiger partial charge in [0.05, 0.1) is 0 Å². The normalized spacial score (nSPS) is 29.7. The molecule has 0 aromatic heterocycles. The Hall–Kier alpha value is -1.06. The van der Waals surface area contributed by atoms with E-state index in [1.54, 1.807) is 0 Å². The molecule has 1 saturated heterocycles. The lowest BCUT2D eigenvalue weighted by Gasteiger charge is -2.46. The molecular weight excluding hydrogens is 264 g/mol. The van der Waals surface area contributed by atoms with E-state index in [2.05, 4.69) is 5.32 Å². The summed E-state index contributed by atoms with van der Waals surface area (Å²) in [6.45, 7) is 4.88. The van der Waals surface area contributed by atoms with Gasteiger partial charge in [-0.05, 0) is 37.5 Å². The zero-order valence-electron chi connectivity index (χ0n) is 13.4. The first-order valence-corrected chi connectivity index (χ1v) is 8.66. The van der Waals surface area contributed by atoms with Crippen molar-refractivity contribution < 1.29 is 9.59 Å². The van der Waals surface area contributed by atoms with E-state index in [-0.39, 0.29) is 23.8 Å². The minimum atomic E-state index is -0.568. The van der Waals surface area contributed by atoms with Gasteiger partial charge in [0.15, 0.2) is 0 Å². The SMILES string of the molecule is CC(C)C1C(=O)NC2(CCCC2)C(=O)N1CC1CCCC1. The first kappa shape index (κ1) is 14.9. The summed E-state index contributed by atoms with van der Waals surface area (Å²) in [4.78, 5) is 27.7. The summed E-state index contributed by atoms with van der Waals surface area (Å²) in [6, 6.07) is -0.274. The van der Waals surface area contributed by atoms with Crippen molar-refractivity contribution in [2.45, 2.75) is 76.8 Å². The Morgan fingerprint density at radius 3 is 2.33 bits per heavy atom. The van der Waals surface area contributed by atoms with E-state index in [1.807, 2.05) is 18.7 Å². The van der Waals surface area contributed by atoms with Crippen molar-refractivity contribution in [1.82, 2.24) is 10.2 Å². The van der Waals surface area contributed by atoms with Crippen LogP contribution in [-0.4, -0.2) is 34.8 Å². The minimum absolute atomic E-state index is 0.0736. The Morgan fingerprint density at radius 1 is 1.14 bits per heavy atom. The predicted octanol–water partition coefficient (Wildman–Crippen LogP) is 2.47. The molecule has 2 amide bonds. The van der Waals surface area contributed by atoms with Gasteiger partial charge in [0.2, 0.25) is 11.8 Å². The molecule has 3 fully saturated rings. The van der Waals surface area contributed by atoms with Crippen molar-refractivity contribution in [2.75, 3.05) is 6.54 Å². The molecule has 1 atom stereocenters. The van der Waals surface area contributed by atoms with Crippen LogP contribution in [0.5, 0.6) is 0 Å². The van der Waals surface area contributed by atoms with E-state index in [0.29, 0.717) is 5.92 Å². The summed E-state index contributed by atoms with van der Waals surface area (Å²) in [5, 5.41) is 3.10. The number of hydrogen-bond donors (Lipinski definition) is 1. The smallest absolute Gasteiger partial charge is 0.249 e. The van der Waals surface area contributed by atoms with Crippen LogP contribution in [0.4, 0.5) is 0 Å². The van der Waals surface area contributed by atoms with Crippen LogP contribution in [-0.2, 0) is 9.59 Å². The maximum Gasteiger partial charge on any atom is 0.249 e. The number of rotatable bonds is 3. The molecule has 1 aliphatic heterocycles. The standard InChI is InChI=1S/C17H28N2O2/c1-12(2)14-15(20)18-17(9-5-6-10-17)16(21)19(14)11-13-7-3-4-8-13/h12-14H,3-11H2,1-2H3,(H,18,20). The second kappa shape index (κ2) is 5.62. The molecule has 2 aliphatic carbocycles. The molecule has 0 bridgehead atoms. The van der Waals surface area contributed by atoms with Gasteiger partial charge < -0.3 is 10.2 Å². The van der Waals surface area contributed by atoms with Gasteiger partial charge in [-0.3, -0.25) is 9.59 Å². The monoisotopic (exact) mass is 292 g/mol. The van der Waals surface area contributed by atoms with E-state index in [1.165, 1.54) is 25.7 Å². The van der Waals surface area contributed by atoms with Crippen molar-refractivity contribution in [3.05, 3.63) is 0 Å². The van der Waals surface area contributed by atoms with Gasteiger partial charge in [-0.1, -0.05) is 39.5 Å². The molecule has 1 unspecified atom stereocenters. The molecule has 21 heavy (non-hydrogen) atoms. The second-order valence-corrected chi connectivity index (χ2v) is 7.58. The van der Waals surface area contributed by atoms with Crippen LogP contribution in [0.15, 0.2) is 0 Å². The molecule has 3 aliphatic rings. The highest BCUT2D eigenvalue weighted by molar-refractivity contribution is 6.00. The van der Waals surface area contributed by atoms with Gasteiger partial charge in [0.1, 0.15) is 11.6 Å². The molecule has 4 heteroatoms. The molecule has 1 N–H and O–H groups in total. The van der Waals surface area contributed by atoms with Crippen molar-refractivity contribution in [3.63, 3.8) is 0 Å². The molecular formula is C17H28N2O2. The van der Waals surface area contributed by atoms with Gasteiger partial charge in [-0.15, -0.1) is 0 Å². The third kappa shape index (κ3) is 2.58. The van der Waals surface area contributed by atoms with Crippen molar-refractivity contribution in [3.8, 4) is 0 Å². The summed E-state index contributed by atoms with van der Waals surface area (Å²) < 4.78 is 0. The third-order valence-corrected chi connectivity index (χ3v) is 5.66. The number of carbonyl (C=O) groups is 2. The number of piperazine rings is 1. The lowest BCUT2D eigenvalue weighted by Crippen LogP contribution is -2.70. The summed E-state index contributed by atoms with van der Waals surface area (Å²) in [6.07, 6.45) is 8.72. The lowest BCUT2D eigenvalue weighted by molar-refractivity contribution is -0.157. The number of nitrogens with zero attached hydrogens (tertiary/aromatic N) is 1. The summed E-state index contributed by atoms with van der Waals surface area (Å²) in [5.74, 6) is 1.04. The first-order valence-electron chi connectivity index (χ1n) is 8.66. The molecule has 4 nitrogen and oxygen atoms in total. The minimum Gasteiger partial charge on any atom is -0.340 e. The van der Waals surface area contributed by atoms with Gasteiger partial charge in [0.25, 0.3) is 0 Å². The molecule has 3 rings (SSSR count). The average molecular weight is 292 g/mol. The van der Waals surface area contributed by atoms with Crippen LogP contribution in [0.25, 0.3) is 0 Å². The molecule has 2 saturated carbocycles. The third-order valence-electron chi connectivity index (χ3n) is 5.66. The fourth-order valence-corrected chi connectivity index (χ4v) is 4.55. The van der Waals surface area contributed by atoms with Gasteiger partial charge >= 0.3 is 0 Å².